The van der Waals surface area contributed by atoms with E-state index in [1.165, 1.54) is 0 Å². The van der Waals surface area contributed by atoms with Gasteiger partial charge in [-0.2, -0.15) is 0 Å². The lowest BCUT2D eigenvalue weighted by Crippen LogP contribution is -2.01. The van der Waals surface area contributed by atoms with Crippen LogP contribution in [0.25, 0.3) is 22.0 Å². The largest absolute Gasteiger partial charge is 0.486 e. The SMILES string of the molecule is Fc1c(OCc2c(-c3c(Cl)cccc3Cl)noc2C2CC2)ccc2cc(Br)ccc12. The first-order valence-corrected chi connectivity index (χ1v) is 11.0. The molecule has 0 atom stereocenters. The van der Waals surface area contributed by atoms with E-state index in [0.29, 0.717) is 32.6 Å². The Hall–Kier alpha value is -2.08. The van der Waals surface area contributed by atoms with Gasteiger partial charge >= 0.3 is 0 Å². The smallest absolute Gasteiger partial charge is 0.172 e. The summed E-state index contributed by atoms with van der Waals surface area (Å²) in [4.78, 5) is 0. The Bertz CT molecular complexity index is 1250. The molecule has 7 heteroatoms. The molecule has 0 bridgehead atoms. The number of fused-ring (bicyclic) bond motifs is 1. The Morgan fingerprint density at radius 3 is 2.60 bits per heavy atom. The average molecular weight is 507 g/mol. The molecule has 5 rings (SSSR count). The maximum atomic E-state index is 15.0. The number of ether oxygens (including phenoxy) is 1. The van der Waals surface area contributed by atoms with Crippen LogP contribution in [0.2, 0.25) is 10.0 Å². The van der Waals surface area contributed by atoms with E-state index < -0.39 is 5.82 Å². The molecule has 1 aromatic heterocycles. The van der Waals surface area contributed by atoms with Gasteiger partial charge in [0.1, 0.15) is 18.1 Å². The van der Waals surface area contributed by atoms with Crippen molar-refractivity contribution in [1.29, 1.82) is 0 Å². The monoisotopic (exact) mass is 505 g/mol. The van der Waals surface area contributed by atoms with Crippen molar-refractivity contribution in [2.45, 2.75) is 25.4 Å². The van der Waals surface area contributed by atoms with Crippen molar-refractivity contribution < 1.29 is 13.7 Å². The molecule has 3 aromatic carbocycles. The molecule has 0 spiro atoms. The molecular formula is C23H15BrCl2FNO2. The molecule has 4 aromatic rings. The van der Waals surface area contributed by atoms with Crippen LogP contribution in [-0.2, 0) is 6.61 Å². The highest BCUT2D eigenvalue weighted by atomic mass is 79.9. The van der Waals surface area contributed by atoms with Crippen LogP contribution in [0.4, 0.5) is 4.39 Å². The van der Waals surface area contributed by atoms with Crippen molar-refractivity contribution in [3.63, 3.8) is 0 Å². The molecule has 1 heterocycles. The summed E-state index contributed by atoms with van der Waals surface area (Å²) < 4.78 is 27.5. The van der Waals surface area contributed by atoms with Gasteiger partial charge in [-0.1, -0.05) is 62.5 Å². The van der Waals surface area contributed by atoms with Gasteiger partial charge in [-0.3, -0.25) is 0 Å². The predicted octanol–water partition coefficient (Wildman–Crippen LogP) is 8.16. The quantitative estimate of drug-likeness (QED) is 0.274. The van der Waals surface area contributed by atoms with E-state index in [2.05, 4.69) is 21.1 Å². The minimum atomic E-state index is -0.401. The van der Waals surface area contributed by atoms with E-state index in [4.69, 9.17) is 32.5 Å². The number of hydrogen-bond donors (Lipinski definition) is 0. The van der Waals surface area contributed by atoms with Gasteiger partial charge in [0.15, 0.2) is 11.6 Å². The normalized spacial score (nSPS) is 13.7. The maximum absolute atomic E-state index is 15.0. The molecule has 152 valence electrons. The Balaban J connectivity index is 1.52. The molecule has 0 unspecified atom stereocenters. The zero-order valence-corrected chi connectivity index (χ0v) is 18.7. The lowest BCUT2D eigenvalue weighted by molar-refractivity contribution is 0.287. The third-order valence-electron chi connectivity index (χ3n) is 5.22. The number of halogens is 4. The van der Waals surface area contributed by atoms with Crippen molar-refractivity contribution in [1.82, 2.24) is 5.16 Å². The van der Waals surface area contributed by atoms with Gasteiger partial charge in [-0.15, -0.1) is 0 Å². The summed E-state index contributed by atoms with van der Waals surface area (Å²) in [5, 5.41) is 6.48. The summed E-state index contributed by atoms with van der Waals surface area (Å²) in [6.07, 6.45) is 2.05. The average Bonchev–Trinajstić information content (AvgIpc) is 3.48. The molecule has 0 N–H and O–H groups in total. The van der Waals surface area contributed by atoms with Crippen LogP contribution in [-0.4, -0.2) is 5.16 Å². The highest BCUT2D eigenvalue weighted by Crippen LogP contribution is 2.46. The number of aromatic nitrogens is 1. The Kier molecular flexibility index (Phi) is 5.21. The van der Waals surface area contributed by atoms with Crippen LogP contribution < -0.4 is 4.74 Å². The standard InChI is InChI=1S/C23H15BrCl2FNO2/c24-14-7-8-15-13(10-14)6-9-19(21(15)27)29-11-16-22(28-30-23(16)12-4-5-12)20-17(25)2-1-3-18(20)26/h1-3,6-10,12H,4-5,11H2. The van der Waals surface area contributed by atoms with Crippen molar-refractivity contribution in [2.75, 3.05) is 0 Å². The summed E-state index contributed by atoms with van der Waals surface area (Å²) in [5.41, 5.74) is 1.89. The molecule has 1 aliphatic rings. The lowest BCUT2D eigenvalue weighted by atomic mass is 10.0. The minimum absolute atomic E-state index is 0.102. The Morgan fingerprint density at radius 2 is 1.87 bits per heavy atom. The second-order valence-corrected chi connectivity index (χ2v) is 9.01. The number of benzene rings is 3. The van der Waals surface area contributed by atoms with E-state index in [0.717, 1.165) is 34.0 Å². The topological polar surface area (TPSA) is 35.3 Å². The van der Waals surface area contributed by atoms with Crippen LogP contribution >= 0.6 is 39.1 Å². The summed E-state index contributed by atoms with van der Waals surface area (Å²) >= 11 is 16.2. The van der Waals surface area contributed by atoms with E-state index in [9.17, 15) is 0 Å². The molecule has 0 amide bonds. The summed E-state index contributed by atoms with van der Waals surface area (Å²) in [6, 6.07) is 14.1. The first kappa shape index (κ1) is 19.9. The highest BCUT2D eigenvalue weighted by Gasteiger charge is 2.33. The molecule has 0 aliphatic heterocycles. The van der Waals surface area contributed by atoms with Crippen LogP contribution in [0.1, 0.15) is 30.1 Å². The first-order valence-electron chi connectivity index (χ1n) is 9.46. The van der Waals surface area contributed by atoms with Gasteiger partial charge < -0.3 is 9.26 Å². The molecule has 0 saturated heterocycles. The molecule has 1 aliphatic carbocycles. The zero-order chi connectivity index (χ0) is 20.8. The van der Waals surface area contributed by atoms with Gasteiger partial charge in [0.05, 0.1) is 15.6 Å². The fourth-order valence-corrected chi connectivity index (χ4v) is 4.51. The van der Waals surface area contributed by atoms with Crippen molar-refractivity contribution in [3.05, 3.63) is 80.2 Å². The molecule has 3 nitrogen and oxygen atoms in total. The fraction of sp³-hybridized carbons (Fsp3) is 0.174. The Morgan fingerprint density at radius 1 is 1.10 bits per heavy atom. The molecule has 1 saturated carbocycles. The van der Waals surface area contributed by atoms with Crippen LogP contribution in [0.5, 0.6) is 5.75 Å². The number of hydrogen-bond acceptors (Lipinski definition) is 3. The van der Waals surface area contributed by atoms with Gasteiger partial charge in [0.25, 0.3) is 0 Å². The van der Waals surface area contributed by atoms with E-state index in [1.807, 2.05) is 12.1 Å². The van der Waals surface area contributed by atoms with Crippen molar-refractivity contribution >= 4 is 49.9 Å². The second-order valence-electron chi connectivity index (χ2n) is 7.28. The molecular weight excluding hydrogens is 492 g/mol. The minimum Gasteiger partial charge on any atom is -0.486 e. The maximum Gasteiger partial charge on any atom is 0.172 e. The second kappa shape index (κ2) is 7.88. The predicted molar refractivity (Wildman–Crippen MR) is 120 cm³/mol. The third kappa shape index (κ3) is 3.59. The zero-order valence-electron chi connectivity index (χ0n) is 15.6. The molecule has 0 radical (unpaired) electrons. The van der Waals surface area contributed by atoms with Gasteiger partial charge in [0.2, 0.25) is 0 Å². The summed E-state index contributed by atoms with van der Waals surface area (Å²) in [7, 11) is 0. The number of nitrogens with zero attached hydrogens (tertiary/aromatic N) is 1. The third-order valence-corrected chi connectivity index (χ3v) is 6.34. The number of rotatable bonds is 5. The lowest BCUT2D eigenvalue weighted by Gasteiger charge is -2.11. The van der Waals surface area contributed by atoms with Crippen LogP contribution in [0.3, 0.4) is 0 Å². The van der Waals surface area contributed by atoms with Gasteiger partial charge in [-0.05, 0) is 48.6 Å². The fourth-order valence-electron chi connectivity index (χ4n) is 3.55. The summed E-state index contributed by atoms with van der Waals surface area (Å²) in [6.45, 7) is 0.102. The van der Waals surface area contributed by atoms with E-state index in [-0.39, 0.29) is 12.4 Å². The van der Waals surface area contributed by atoms with E-state index in [1.54, 1.807) is 36.4 Å². The Labute approximate surface area is 190 Å². The highest BCUT2D eigenvalue weighted by molar-refractivity contribution is 9.10. The van der Waals surface area contributed by atoms with E-state index >= 15 is 4.39 Å². The molecule has 1 fully saturated rings. The van der Waals surface area contributed by atoms with Crippen molar-refractivity contribution in [2.24, 2.45) is 0 Å². The molecule has 30 heavy (non-hydrogen) atoms. The summed E-state index contributed by atoms with van der Waals surface area (Å²) in [5.74, 6) is 0.821. The van der Waals surface area contributed by atoms with Crippen LogP contribution in [0.15, 0.2) is 57.5 Å². The van der Waals surface area contributed by atoms with Crippen molar-refractivity contribution in [3.8, 4) is 17.0 Å². The first-order chi connectivity index (χ1) is 14.5. The van der Waals surface area contributed by atoms with Gasteiger partial charge in [-0.25, -0.2) is 4.39 Å². The van der Waals surface area contributed by atoms with Crippen LogP contribution in [0, 0.1) is 5.82 Å². The van der Waals surface area contributed by atoms with Gasteiger partial charge in [0, 0.05) is 21.3 Å².